The fraction of sp³-hybridized carbons (Fsp3) is 0.333. The Kier molecular flexibility index (Phi) is 4.99. The SMILES string of the molecule is C=C/C(=C\C(=C/C)OC)OC. The van der Waals surface area contributed by atoms with Crippen molar-refractivity contribution in [3.05, 3.63) is 36.3 Å². The van der Waals surface area contributed by atoms with Crippen LogP contribution < -0.4 is 0 Å². The highest BCUT2D eigenvalue weighted by molar-refractivity contribution is 5.20. The van der Waals surface area contributed by atoms with E-state index in [2.05, 4.69) is 6.58 Å². The van der Waals surface area contributed by atoms with E-state index in [4.69, 9.17) is 9.47 Å². The molecule has 0 spiro atoms. The molecule has 0 radical (unpaired) electrons. The summed E-state index contributed by atoms with van der Waals surface area (Å²) in [4.78, 5) is 0. The zero-order valence-electron chi connectivity index (χ0n) is 7.26. The minimum absolute atomic E-state index is 0.694. The quantitative estimate of drug-likeness (QED) is 0.456. The second-order valence-electron chi connectivity index (χ2n) is 1.85. The van der Waals surface area contributed by atoms with Crippen LogP contribution >= 0.6 is 0 Å². The van der Waals surface area contributed by atoms with E-state index in [9.17, 15) is 0 Å². The Labute approximate surface area is 67.8 Å². The Balaban J connectivity index is 4.35. The lowest BCUT2D eigenvalue weighted by atomic mass is 10.3. The first-order chi connectivity index (χ1) is 5.28. The third-order valence-corrected chi connectivity index (χ3v) is 1.24. The minimum atomic E-state index is 0.694. The Bertz CT molecular complexity index is 178. The van der Waals surface area contributed by atoms with Crippen LogP contribution in [0.2, 0.25) is 0 Å². The number of hydrogen-bond donors (Lipinski definition) is 0. The fourth-order valence-electron chi connectivity index (χ4n) is 0.602. The molecule has 0 rings (SSSR count). The zero-order valence-corrected chi connectivity index (χ0v) is 7.26. The molecule has 0 aliphatic rings. The van der Waals surface area contributed by atoms with E-state index < -0.39 is 0 Å². The lowest BCUT2D eigenvalue weighted by Gasteiger charge is -2.01. The predicted octanol–water partition coefficient (Wildman–Crippen LogP) is 2.25. The van der Waals surface area contributed by atoms with Gasteiger partial charge in [-0.3, -0.25) is 0 Å². The maximum absolute atomic E-state index is 4.99. The summed E-state index contributed by atoms with van der Waals surface area (Å²) in [6, 6.07) is 0. The lowest BCUT2D eigenvalue weighted by molar-refractivity contribution is 0.285. The summed E-state index contributed by atoms with van der Waals surface area (Å²) in [6.07, 6.45) is 5.25. The van der Waals surface area contributed by atoms with Gasteiger partial charge in [-0.25, -0.2) is 0 Å². The summed E-state index contributed by atoms with van der Waals surface area (Å²) >= 11 is 0. The van der Waals surface area contributed by atoms with E-state index in [1.165, 1.54) is 0 Å². The van der Waals surface area contributed by atoms with Crippen LogP contribution in [0.25, 0.3) is 0 Å². The van der Waals surface area contributed by atoms with Gasteiger partial charge in [0.2, 0.25) is 0 Å². The molecular weight excluding hydrogens is 140 g/mol. The van der Waals surface area contributed by atoms with E-state index >= 15 is 0 Å². The molecule has 0 aliphatic heterocycles. The van der Waals surface area contributed by atoms with Crippen molar-refractivity contribution in [3.8, 4) is 0 Å². The van der Waals surface area contributed by atoms with E-state index in [1.807, 2.05) is 13.0 Å². The van der Waals surface area contributed by atoms with Crippen LogP contribution in [0.4, 0.5) is 0 Å². The van der Waals surface area contributed by atoms with Gasteiger partial charge in [0.1, 0.15) is 11.5 Å². The Hall–Kier alpha value is -1.18. The molecule has 0 bridgehead atoms. The predicted molar refractivity (Wildman–Crippen MR) is 46.1 cm³/mol. The van der Waals surface area contributed by atoms with Crippen molar-refractivity contribution < 1.29 is 9.47 Å². The van der Waals surface area contributed by atoms with Gasteiger partial charge in [0.05, 0.1) is 14.2 Å². The van der Waals surface area contributed by atoms with Gasteiger partial charge in [-0.05, 0) is 19.1 Å². The van der Waals surface area contributed by atoms with Gasteiger partial charge in [-0.15, -0.1) is 0 Å². The molecule has 0 saturated heterocycles. The van der Waals surface area contributed by atoms with Gasteiger partial charge in [0.25, 0.3) is 0 Å². The summed E-state index contributed by atoms with van der Waals surface area (Å²) in [5, 5.41) is 0. The van der Waals surface area contributed by atoms with E-state index in [0.717, 1.165) is 5.76 Å². The Morgan fingerprint density at radius 1 is 1.18 bits per heavy atom. The largest absolute Gasteiger partial charge is 0.497 e. The molecule has 0 atom stereocenters. The van der Waals surface area contributed by atoms with Crippen molar-refractivity contribution in [2.75, 3.05) is 14.2 Å². The lowest BCUT2D eigenvalue weighted by Crippen LogP contribution is -1.86. The van der Waals surface area contributed by atoms with Gasteiger partial charge in [-0.1, -0.05) is 6.58 Å². The summed E-state index contributed by atoms with van der Waals surface area (Å²) in [5.41, 5.74) is 0. The highest BCUT2D eigenvalue weighted by Crippen LogP contribution is 2.04. The van der Waals surface area contributed by atoms with Crippen molar-refractivity contribution in [2.24, 2.45) is 0 Å². The minimum Gasteiger partial charge on any atom is -0.497 e. The first-order valence-electron chi connectivity index (χ1n) is 3.37. The third-order valence-electron chi connectivity index (χ3n) is 1.24. The number of ether oxygens (including phenoxy) is 2. The number of rotatable bonds is 4. The van der Waals surface area contributed by atoms with Crippen LogP contribution in [0.15, 0.2) is 36.3 Å². The topological polar surface area (TPSA) is 18.5 Å². The van der Waals surface area contributed by atoms with E-state index in [0.29, 0.717) is 5.76 Å². The van der Waals surface area contributed by atoms with E-state index in [1.54, 1.807) is 26.4 Å². The van der Waals surface area contributed by atoms with Crippen molar-refractivity contribution in [1.29, 1.82) is 0 Å². The summed E-state index contributed by atoms with van der Waals surface area (Å²) < 4.78 is 9.95. The molecule has 0 saturated carbocycles. The summed E-state index contributed by atoms with van der Waals surface area (Å²) in [6.45, 7) is 5.47. The first kappa shape index (κ1) is 9.82. The number of methoxy groups -OCH3 is 2. The van der Waals surface area contributed by atoms with Crippen LogP contribution in [0.3, 0.4) is 0 Å². The van der Waals surface area contributed by atoms with Crippen LogP contribution in [0, 0.1) is 0 Å². The van der Waals surface area contributed by atoms with Crippen molar-refractivity contribution in [1.82, 2.24) is 0 Å². The average Bonchev–Trinajstić information content (AvgIpc) is 2.07. The van der Waals surface area contributed by atoms with E-state index in [-0.39, 0.29) is 0 Å². The maximum atomic E-state index is 4.99. The second kappa shape index (κ2) is 5.59. The molecule has 0 aromatic rings. The van der Waals surface area contributed by atoms with Crippen LogP contribution in [0.5, 0.6) is 0 Å². The molecule has 0 aromatic heterocycles. The van der Waals surface area contributed by atoms with Crippen LogP contribution in [0.1, 0.15) is 6.92 Å². The van der Waals surface area contributed by atoms with Crippen LogP contribution in [-0.2, 0) is 9.47 Å². The fourth-order valence-corrected chi connectivity index (χ4v) is 0.602. The second-order valence-corrected chi connectivity index (χ2v) is 1.85. The number of allylic oxidation sites excluding steroid dienone is 3. The smallest absolute Gasteiger partial charge is 0.121 e. The molecule has 2 heteroatoms. The van der Waals surface area contributed by atoms with Crippen molar-refractivity contribution >= 4 is 0 Å². The van der Waals surface area contributed by atoms with Gasteiger partial charge in [-0.2, -0.15) is 0 Å². The maximum Gasteiger partial charge on any atom is 0.121 e. The summed E-state index contributed by atoms with van der Waals surface area (Å²) in [7, 11) is 3.21. The first-order valence-corrected chi connectivity index (χ1v) is 3.37. The highest BCUT2D eigenvalue weighted by Gasteiger charge is 1.91. The Morgan fingerprint density at radius 2 is 1.73 bits per heavy atom. The van der Waals surface area contributed by atoms with Crippen molar-refractivity contribution in [3.63, 3.8) is 0 Å². The molecule has 2 nitrogen and oxygen atoms in total. The molecule has 0 aliphatic carbocycles. The summed E-state index contributed by atoms with van der Waals surface area (Å²) in [5.74, 6) is 1.46. The van der Waals surface area contributed by atoms with Gasteiger partial charge < -0.3 is 9.47 Å². The molecule has 0 amide bonds. The Morgan fingerprint density at radius 3 is 2.00 bits per heavy atom. The standard InChI is InChI=1S/C9H14O2/c1-5-8(10-3)7-9(6-2)11-4/h5-7H,1H2,2-4H3/b8-7+,9-6+. The van der Waals surface area contributed by atoms with Gasteiger partial charge in [0.15, 0.2) is 0 Å². The average molecular weight is 154 g/mol. The molecule has 62 valence electrons. The highest BCUT2D eigenvalue weighted by atomic mass is 16.5. The van der Waals surface area contributed by atoms with Gasteiger partial charge >= 0.3 is 0 Å². The normalized spacial score (nSPS) is 12.6. The van der Waals surface area contributed by atoms with Crippen LogP contribution in [-0.4, -0.2) is 14.2 Å². The molecule has 0 N–H and O–H groups in total. The molecule has 11 heavy (non-hydrogen) atoms. The number of hydrogen-bond acceptors (Lipinski definition) is 2. The molecule has 0 heterocycles. The van der Waals surface area contributed by atoms with Gasteiger partial charge in [0, 0.05) is 6.08 Å². The third kappa shape index (κ3) is 3.50. The van der Waals surface area contributed by atoms with Crippen molar-refractivity contribution in [2.45, 2.75) is 6.92 Å². The molecule has 0 unspecified atom stereocenters. The molecule has 0 aromatic carbocycles. The molecule has 0 fully saturated rings. The zero-order chi connectivity index (χ0) is 8.69. The monoisotopic (exact) mass is 154 g/mol. The molecular formula is C9H14O2.